The third-order valence-electron chi connectivity index (χ3n) is 3.87. The number of non-ortho nitro benzene ring substituents is 1. The van der Waals surface area contributed by atoms with E-state index in [4.69, 9.17) is 16.3 Å². The first-order valence-corrected chi connectivity index (χ1v) is 8.96. The first-order chi connectivity index (χ1) is 14.4. The van der Waals surface area contributed by atoms with Gasteiger partial charge in [0.05, 0.1) is 16.7 Å². The summed E-state index contributed by atoms with van der Waals surface area (Å²) in [5.74, 6) is -0.700. The summed E-state index contributed by atoms with van der Waals surface area (Å²) in [4.78, 5) is 34.2. The third kappa shape index (κ3) is 5.49. The van der Waals surface area contributed by atoms with Crippen LogP contribution in [0, 0.1) is 10.1 Å². The van der Waals surface area contributed by atoms with Gasteiger partial charge in [-0.3, -0.25) is 14.9 Å². The minimum atomic E-state index is -0.546. The Labute approximate surface area is 175 Å². The summed E-state index contributed by atoms with van der Waals surface area (Å²) in [7, 11) is 0. The van der Waals surface area contributed by atoms with Gasteiger partial charge in [0.1, 0.15) is 5.75 Å². The fourth-order valence-corrected chi connectivity index (χ4v) is 2.56. The molecule has 0 heterocycles. The van der Waals surface area contributed by atoms with Crippen molar-refractivity contribution < 1.29 is 19.2 Å². The lowest BCUT2D eigenvalue weighted by molar-refractivity contribution is -0.384. The van der Waals surface area contributed by atoms with Crippen LogP contribution in [0.25, 0.3) is 0 Å². The van der Waals surface area contributed by atoms with Gasteiger partial charge in [-0.05, 0) is 60.2 Å². The molecule has 0 saturated carbocycles. The third-order valence-corrected chi connectivity index (χ3v) is 4.11. The molecule has 3 rings (SSSR count). The normalized spacial score (nSPS) is 10.6. The fourth-order valence-electron chi connectivity index (χ4n) is 2.37. The molecule has 0 aromatic heterocycles. The molecule has 0 bridgehead atoms. The van der Waals surface area contributed by atoms with Gasteiger partial charge in [0.2, 0.25) is 0 Å². The molecule has 150 valence electrons. The summed E-state index contributed by atoms with van der Waals surface area (Å²) in [5, 5.41) is 14.9. The van der Waals surface area contributed by atoms with Crippen LogP contribution in [-0.4, -0.2) is 23.0 Å². The van der Waals surface area contributed by atoms with E-state index in [0.717, 1.165) is 0 Å². The van der Waals surface area contributed by atoms with Gasteiger partial charge in [-0.25, -0.2) is 10.2 Å². The molecular weight excluding hydrogens is 410 g/mol. The molecule has 0 atom stereocenters. The molecule has 0 aliphatic rings. The molecule has 0 aliphatic carbocycles. The Hall–Kier alpha value is -4.04. The highest BCUT2D eigenvalue weighted by atomic mass is 35.5. The van der Waals surface area contributed by atoms with Crippen molar-refractivity contribution >= 4 is 35.4 Å². The molecule has 0 aliphatic heterocycles. The van der Waals surface area contributed by atoms with Crippen molar-refractivity contribution in [3.63, 3.8) is 0 Å². The van der Waals surface area contributed by atoms with Crippen LogP contribution in [0.5, 0.6) is 5.75 Å². The van der Waals surface area contributed by atoms with Crippen molar-refractivity contribution in [2.45, 2.75) is 0 Å². The molecule has 8 nitrogen and oxygen atoms in total. The Morgan fingerprint density at radius 2 is 1.70 bits per heavy atom. The van der Waals surface area contributed by atoms with E-state index < -0.39 is 16.8 Å². The highest BCUT2D eigenvalue weighted by Gasteiger charge is 2.10. The molecule has 9 heteroatoms. The SMILES string of the molecule is O=C(N/N=C\c1ccc(OC(=O)c2cccc(Cl)c2)cc1)c1ccc([N+](=O)[O-])cc1. The average molecular weight is 424 g/mol. The van der Waals surface area contributed by atoms with Crippen LogP contribution in [0.3, 0.4) is 0 Å². The summed E-state index contributed by atoms with van der Waals surface area (Å²) in [6, 6.07) is 18.1. The van der Waals surface area contributed by atoms with E-state index in [1.54, 1.807) is 42.5 Å². The van der Waals surface area contributed by atoms with Crippen molar-refractivity contribution in [1.29, 1.82) is 0 Å². The predicted molar refractivity (Wildman–Crippen MR) is 111 cm³/mol. The second kappa shape index (κ2) is 9.44. The molecule has 0 saturated heterocycles. The lowest BCUT2D eigenvalue weighted by Gasteiger charge is -2.05. The number of nitrogens with one attached hydrogen (secondary N) is 1. The average Bonchev–Trinajstić information content (AvgIpc) is 2.75. The second-order valence-electron chi connectivity index (χ2n) is 5.97. The van der Waals surface area contributed by atoms with Gasteiger partial charge in [0.25, 0.3) is 11.6 Å². The number of nitro benzene ring substituents is 1. The Morgan fingerprint density at radius 1 is 1.00 bits per heavy atom. The van der Waals surface area contributed by atoms with Crippen LogP contribution in [0.1, 0.15) is 26.3 Å². The number of esters is 1. The number of hydrogen-bond donors (Lipinski definition) is 1. The number of ether oxygens (including phenoxy) is 1. The van der Waals surface area contributed by atoms with E-state index in [2.05, 4.69) is 10.5 Å². The van der Waals surface area contributed by atoms with E-state index in [0.29, 0.717) is 21.9 Å². The lowest BCUT2D eigenvalue weighted by Crippen LogP contribution is -2.17. The topological polar surface area (TPSA) is 111 Å². The van der Waals surface area contributed by atoms with Gasteiger partial charge < -0.3 is 4.74 Å². The zero-order chi connectivity index (χ0) is 21.5. The van der Waals surface area contributed by atoms with Gasteiger partial charge in [0, 0.05) is 22.7 Å². The predicted octanol–water partition coefficient (Wildman–Crippen LogP) is 4.23. The van der Waals surface area contributed by atoms with Gasteiger partial charge in [-0.15, -0.1) is 0 Å². The van der Waals surface area contributed by atoms with E-state index >= 15 is 0 Å². The number of amides is 1. The fraction of sp³-hybridized carbons (Fsp3) is 0. The van der Waals surface area contributed by atoms with Crippen molar-refractivity contribution in [2.75, 3.05) is 0 Å². The number of nitrogens with zero attached hydrogens (tertiary/aromatic N) is 2. The van der Waals surface area contributed by atoms with Gasteiger partial charge in [-0.1, -0.05) is 17.7 Å². The Balaban J connectivity index is 1.56. The van der Waals surface area contributed by atoms with Gasteiger partial charge in [0.15, 0.2) is 0 Å². The highest BCUT2D eigenvalue weighted by Crippen LogP contribution is 2.16. The van der Waals surface area contributed by atoms with Crippen LogP contribution >= 0.6 is 11.6 Å². The molecule has 0 radical (unpaired) electrons. The van der Waals surface area contributed by atoms with Crippen LogP contribution in [0.2, 0.25) is 5.02 Å². The number of hydrazone groups is 1. The number of halogens is 1. The van der Waals surface area contributed by atoms with E-state index in [1.165, 1.54) is 36.5 Å². The molecule has 0 unspecified atom stereocenters. The maximum absolute atomic E-state index is 12.1. The molecular formula is C21H14ClN3O5. The summed E-state index contributed by atoms with van der Waals surface area (Å²) >= 11 is 5.86. The summed E-state index contributed by atoms with van der Waals surface area (Å²) in [6.07, 6.45) is 1.41. The standard InChI is InChI=1S/C21H14ClN3O5/c22-17-3-1-2-16(12-17)21(27)30-19-10-4-14(5-11-19)13-23-24-20(26)15-6-8-18(9-7-15)25(28)29/h1-13H,(H,24,26)/b23-13-. The summed E-state index contributed by atoms with van der Waals surface area (Å²) < 4.78 is 5.28. The minimum absolute atomic E-state index is 0.105. The Morgan fingerprint density at radius 3 is 2.33 bits per heavy atom. The molecule has 3 aromatic rings. The van der Waals surface area contributed by atoms with Crippen LogP contribution in [-0.2, 0) is 0 Å². The number of benzene rings is 3. The molecule has 1 N–H and O–H groups in total. The van der Waals surface area contributed by atoms with Crippen LogP contribution in [0.15, 0.2) is 77.9 Å². The lowest BCUT2D eigenvalue weighted by atomic mass is 10.2. The first-order valence-electron chi connectivity index (χ1n) is 8.58. The minimum Gasteiger partial charge on any atom is -0.423 e. The Bertz CT molecular complexity index is 1110. The number of carbonyl (C=O) groups is 2. The zero-order valence-corrected chi connectivity index (χ0v) is 16.1. The van der Waals surface area contributed by atoms with Crippen LogP contribution < -0.4 is 10.2 Å². The summed E-state index contributed by atoms with van der Waals surface area (Å²) in [6.45, 7) is 0. The molecule has 1 amide bonds. The van der Waals surface area contributed by atoms with Crippen molar-refractivity contribution in [2.24, 2.45) is 5.10 Å². The van der Waals surface area contributed by atoms with Crippen LogP contribution in [0.4, 0.5) is 5.69 Å². The maximum Gasteiger partial charge on any atom is 0.343 e. The van der Waals surface area contributed by atoms with E-state index in [1.807, 2.05) is 0 Å². The smallest absolute Gasteiger partial charge is 0.343 e. The van der Waals surface area contributed by atoms with Crippen molar-refractivity contribution in [1.82, 2.24) is 5.43 Å². The Kier molecular flexibility index (Phi) is 6.51. The highest BCUT2D eigenvalue weighted by molar-refractivity contribution is 6.30. The zero-order valence-electron chi connectivity index (χ0n) is 15.3. The van der Waals surface area contributed by atoms with Gasteiger partial charge >= 0.3 is 5.97 Å². The number of rotatable bonds is 6. The maximum atomic E-state index is 12.1. The van der Waals surface area contributed by atoms with E-state index in [9.17, 15) is 19.7 Å². The largest absolute Gasteiger partial charge is 0.423 e. The van der Waals surface area contributed by atoms with E-state index in [-0.39, 0.29) is 11.3 Å². The number of hydrogen-bond acceptors (Lipinski definition) is 6. The van der Waals surface area contributed by atoms with Crippen molar-refractivity contribution in [3.05, 3.63) is 105 Å². The summed E-state index contributed by atoms with van der Waals surface area (Å²) in [5.41, 5.74) is 3.45. The molecule has 3 aromatic carbocycles. The number of nitro groups is 1. The second-order valence-corrected chi connectivity index (χ2v) is 6.41. The monoisotopic (exact) mass is 423 g/mol. The molecule has 30 heavy (non-hydrogen) atoms. The number of carbonyl (C=O) groups excluding carboxylic acids is 2. The quantitative estimate of drug-likeness (QED) is 0.210. The first kappa shape index (κ1) is 20.7. The van der Waals surface area contributed by atoms with Crippen molar-refractivity contribution in [3.8, 4) is 5.75 Å². The molecule has 0 spiro atoms. The van der Waals surface area contributed by atoms with Gasteiger partial charge in [-0.2, -0.15) is 5.10 Å². The molecule has 0 fully saturated rings.